The number of nitrogens with zero attached hydrogens (tertiary/aromatic N) is 3. The first kappa shape index (κ1) is 16.9. The molecule has 2 aliphatic heterocycles. The smallest absolute Gasteiger partial charge is 0.317 e. The molecule has 1 N–H and O–H groups in total. The number of carbonyl (C=O) groups excluding carboxylic acids is 1. The molecule has 2 bridgehead atoms. The largest absolute Gasteiger partial charge is 0.480 e. The fourth-order valence-corrected chi connectivity index (χ4v) is 3.63. The summed E-state index contributed by atoms with van der Waals surface area (Å²) >= 11 is 0. The second-order valence-electron chi connectivity index (χ2n) is 6.74. The van der Waals surface area contributed by atoms with Crippen LogP contribution in [0.1, 0.15) is 21.7 Å². The Kier molecular flexibility index (Phi) is 4.82. The van der Waals surface area contributed by atoms with Crippen molar-refractivity contribution in [2.24, 2.45) is 5.92 Å². The first-order valence-corrected chi connectivity index (χ1v) is 8.20. The van der Waals surface area contributed by atoms with Crippen molar-refractivity contribution in [2.75, 3.05) is 39.4 Å². The summed E-state index contributed by atoms with van der Waals surface area (Å²) in [5.74, 6) is -0.736. The van der Waals surface area contributed by atoms with E-state index in [1.807, 2.05) is 23.6 Å². The molecule has 0 saturated carbocycles. The van der Waals surface area contributed by atoms with Gasteiger partial charge in [0.25, 0.3) is 5.91 Å². The van der Waals surface area contributed by atoms with Gasteiger partial charge in [-0.15, -0.1) is 0 Å². The number of aromatic nitrogens is 1. The molecule has 130 valence electrons. The van der Waals surface area contributed by atoms with E-state index in [2.05, 4.69) is 4.98 Å². The van der Waals surface area contributed by atoms with Gasteiger partial charge in [-0.1, -0.05) is 0 Å². The fraction of sp³-hybridized carbons (Fsp3) is 0.588. The molecule has 3 heterocycles. The molecule has 0 aliphatic carbocycles. The minimum atomic E-state index is -0.839. The van der Waals surface area contributed by atoms with Crippen LogP contribution in [0.2, 0.25) is 0 Å². The SMILES string of the molecule is Cc1cc(C(=O)N2C[C@H]3COC[C@@H]2CN(CC(=O)O)C3)cc(C)n1. The molecule has 2 saturated heterocycles. The maximum Gasteiger partial charge on any atom is 0.317 e. The van der Waals surface area contributed by atoms with Crippen LogP contribution in [0, 0.1) is 19.8 Å². The lowest BCUT2D eigenvalue weighted by atomic mass is 10.1. The molecule has 0 spiro atoms. The number of rotatable bonds is 3. The Balaban J connectivity index is 1.84. The Hall–Kier alpha value is -1.99. The molecule has 1 aromatic rings. The van der Waals surface area contributed by atoms with E-state index in [0.29, 0.717) is 38.4 Å². The van der Waals surface area contributed by atoms with Crippen molar-refractivity contribution < 1.29 is 19.4 Å². The highest BCUT2D eigenvalue weighted by atomic mass is 16.5. The molecular formula is C17H23N3O4. The molecule has 2 fully saturated rings. The molecule has 1 amide bonds. The van der Waals surface area contributed by atoms with Gasteiger partial charge in [0.15, 0.2) is 0 Å². The van der Waals surface area contributed by atoms with Crippen molar-refractivity contribution in [3.8, 4) is 0 Å². The van der Waals surface area contributed by atoms with Crippen LogP contribution in [0.4, 0.5) is 0 Å². The summed E-state index contributed by atoms with van der Waals surface area (Å²) in [6.45, 7) is 6.53. The molecule has 0 unspecified atom stereocenters. The van der Waals surface area contributed by atoms with Gasteiger partial charge in [-0.2, -0.15) is 0 Å². The zero-order valence-corrected chi connectivity index (χ0v) is 14.1. The summed E-state index contributed by atoms with van der Waals surface area (Å²) in [5.41, 5.74) is 2.28. The number of fused-ring (bicyclic) bond motifs is 3. The third kappa shape index (κ3) is 3.73. The normalized spacial score (nSPS) is 24.5. The molecule has 7 nitrogen and oxygen atoms in total. The van der Waals surface area contributed by atoms with Crippen LogP contribution in [-0.2, 0) is 9.53 Å². The molecule has 3 rings (SSSR count). The van der Waals surface area contributed by atoms with E-state index in [0.717, 1.165) is 11.4 Å². The summed E-state index contributed by atoms with van der Waals surface area (Å²) in [7, 11) is 0. The van der Waals surface area contributed by atoms with E-state index in [9.17, 15) is 9.59 Å². The van der Waals surface area contributed by atoms with Gasteiger partial charge >= 0.3 is 5.97 Å². The van der Waals surface area contributed by atoms with Gasteiger partial charge in [0, 0.05) is 42.5 Å². The summed E-state index contributed by atoms with van der Waals surface area (Å²) < 4.78 is 5.70. The van der Waals surface area contributed by atoms with Gasteiger partial charge in [-0.25, -0.2) is 0 Å². The molecule has 2 aliphatic rings. The number of carbonyl (C=O) groups is 2. The summed E-state index contributed by atoms with van der Waals surface area (Å²) in [5, 5.41) is 9.07. The number of pyridine rings is 1. The van der Waals surface area contributed by atoms with E-state index in [1.54, 1.807) is 12.1 Å². The quantitative estimate of drug-likeness (QED) is 0.870. The monoisotopic (exact) mass is 333 g/mol. The molecule has 1 aromatic heterocycles. The van der Waals surface area contributed by atoms with Gasteiger partial charge in [-0.3, -0.25) is 19.5 Å². The lowest BCUT2D eigenvalue weighted by Gasteiger charge is -2.30. The zero-order valence-electron chi connectivity index (χ0n) is 14.1. The Bertz CT molecular complexity index is 628. The first-order chi connectivity index (χ1) is 11.4. The molecule has 2 atom stereocenters. The second kappa shape index (κ2) is 6.86. The van der Waals surface area contributed by atoms with E-state index in [-0.39, 0.29) is 24.4 Å². The van der Waals surface area contributed by atoms with Crippen molar-refractivity contribution in [3.63, 3.8) is 0 Å². The Labute approximate surface area is 141 Å². The van der Waals surface area contributed by atoms with Gasteiger partial charge in [0.2, 0.25) is 0 Å². The summed E-state index contributed by atoms with van der Waals surface area (Å²) in [4.78, 5) is 32.2. The van der Waals surface area contributed by atoms with E-state index in [1.165, 1.54) is 0 Å². The molecule has 0 aromatic carbocycles. The van der Waals surface area contributed by atoms with Gasteiger partial charge in [-0.05, 0) is 26.0 Å². The molecule has 24 heavy (non-hydrogen) atoms. The van der Waals surface area contributed by atoms with Crippen molar-refractivity contribution >= 4 is 11.9 Å². The van der Waals surface area contributed by atoms with Crippen LogP contribution < -0.4 is 0 Å². The second-order valence-corrected chi connectivity index (χ2v) is 6.74. The number of aliphatic carboxylic acids is 1. The van der Waals surface area contributed by atoms with Gasteiger partial charge in [0.1, 0.15) is 0 Å². The Morgan fingerprint density at radius 1 is 1.21 bits per heavy atom. The zero-order chi connectivity index (χ0) is 17.3. The van der Waals surface area contributed by atoms with E-state index < -0.39 is 5.97 Å². The minimum absolute atomic E-state index is 0.00248. The highest BCUT2D eigenvalue weighted by Crippen LogP contribution is 2.22. The number of hydrogen-bond donors (Lipinski definition) is 1. The fourth-order valence-electron chi connectivity index (χ4n) is 3.63. The van der Waals surface area contributed by atoms with Crippen molar-refractivity contribution in [1.82, 2.24) is 14.8 Å². The van der Waals surface area contributed by atoms with Crippen molar-refractivity contribution in [1.29, 1.82) is 0 Å². The summed E-state index contributed by atoms with van der Waals surface area (Å²) in [6.07, 6.45) is 0. The van der Waals surface area contributed by atoms with Crippen LogP contribution in [0.15, 0.2) is 12.1 Å². The number of carboxylic acids is 1. The van der Waals surface area contributed by atoms with Gasteiger partial charge in [0.05, 0.1) is 25.8 Å². The molecule has 7 heteroatoms. The third-order valence-electron chi connectivity index (χ3n) is 4.49. The summed E-state index contributed by atoms with van der Waals surface area (Å²) in [6, 6.07) is 3.48. The highest BCUT2D eigenvalue weighted by Gasteiger charge is 2.36. The Morgan fingerprint density at radius 2 is 1.92 bits per heavy atom. The Morgan fingerprint density at radius 3 is 2.58 bits per heavy atom. The van der Waals surface area contributed by atoms with Crippen LogP contribution >= 0.6 is 0 Å². The number of ether oxygens (including phenoxy) is 1. The molecule has 0 radical (unpaired) electrons. The maximum absolute atomic E-state index is 13.0. The minimum Gasteiger partial charge on any atom is -0.480 e. The number of amides is 1. The molecular weight excluding hydrogens is 310 g/mol. The highest BCUT2D eigenvalue weighted by molar-refractivity contribution is 5.94. The van der Waals surface area contributed by atoms with E-state index >= 15 is 0 Å². The maximum atomic E-state index is 13.0. The average molecular weight is 333 g/mol. The van der Waals surface area contributed by atoms with Crippen LogP contribution in [0.3, 0.4) is 0 Å². The topological polar surface area (TPSA) is 83.0 Å². The number of aryl methyl sites for hydroxylation is 2. The predicted molar refractivity (Wildman–Crippen MR) is 86.9 cm³/mol. The number of hydrogen-bond acceptors (Lipinski definition) is 5. The lowest BCUT2D eigenvalue weighted by Crippen LogP contribution is -2.47. The van der Waals surface area contributed by atoms with Crippen molar-refractivity contribution in [2.45, 2.75) is 19.9 Å². The van der Waals surface area contributed by atoms with Crippen molar-refractivity contribution in [3.05, 3.63) is 29.1 Å². The lowest BCUT2D eigenvalue weighted by molar-refractivity contribution is -0.138. The third-order valence-corrected chi connectivity index (χ3v) is 4.49. The van der Waals surface area contributed by atoms with E-state index in [4.69, 9.17) is 9.84 Å². The number of carboxylic acid groups (broad SMARTS) is 1. The van der Waals surface area contributed by atoms with Crippen LogP contribution in [-0.4, -0.2) is 77.2 Å². The standard InChI is InChI=1S/C17H23N3O4/c1-11-3-14(4-12(2)18-11)17(23)20-6-13-5-19(8-16(21)22)7-15(20)10-24-9-13/h3-4,13,15H,5-10H2,1-2H3,(H,21,22)/t13-,15-/m0/s1. The predicted octanol–water partition coefficient (Wildman–Crippen LogP) is 0.556. The average Bonchev–Trinajstić information content (AvgIpc) is 2.75. The van der Waals surface area contributed by atoms with Gasteiger partial charge < -0.3 is 14.7 Å². The van der Waals surface area contributed by atoms with Crippen LogP contribution in [0.5, 0.6) is 0 Å². The first-order valence-electron chi connectivity index (χ1n) is 8.20. The van der Waals surface area contributed by atoms with Crippen LogP contribution in [0.25, 0.3) is 0 Å².